The number of hydrogen-bond acceptors (Lipinski definition) is 5. The van der Waals surface area contributed by atoms with Gasteiger partial charge in [0.1, 0.15) is 0 Å². The van der Waals surface area contributed by atoms with Crippen LogP contribution in [0.5, 0.6) is 11.5 Å². The van der Waals surface area contributed by atoms with E-state index in [0.717, 1.165) is 17.0 Å². The van der Waals surface area contributed by atoms with E-state index < -0.39 is 0 Å². The van der Waals surface area contributed by atoms with E-state index in [9.17, 15) is 0 Å². The summed E-state index contributed by atoms with van der Waals surface area (Å²) in [5, 5.41) is 10.8. The summed E-state index contributed by atoms with van der Waals surface area (Å²) in [7, 11) is 0. The van der Waals surface area contributed by atoms with E-state index in [1.54, 1.807) is 12.1 Å². The van der Waals surface area contributed by atoms with Crippen molar-refractivity contribution in [3.8, 4) is 22.9 Å². The van der Waals surface area contributed by atoms with Crippen LogP contribution in [0, 0.1) is 0 Å². The van der Waals surface area contributed by atoms with Crippen molar-refractivity contribution in [2.45, 2.75) is 0 Å². The minimum Gasteiger partial charge on any atom is -0.454 e. The second-order valence-corrected chi connectivity index (χ2v) is 5.14. The highest BCUT2D eigenvalue weighted by molar-refractivity contribution is 6.30. The van der Waals surface area contributed by atoms with Gasteiger partial charge in [0.2, 0.25) is 12.7 Å². The maximum atomic E-state index is 5.86. The molecule has 0 aliphatic carbocycles. The molecule has 0 amide bonds. The van der Waals surface area contributed by atoms with Crippen LogP contribution in [-0.4, -0.2) is 22.0 Å². The van der Waals surface area contributed by atoms with Gasteiger partial charge in [-0.15, -0.1) is 5.10 Å². The Labute approximate surface area is 131 Å². The number of aromatic amines is 1. The van der Waals surface area contributed by atoms with E-state index >= 15 is 0 Å². The number of rotatable bonds is 3. The number of hydrogen-bond donors (Lipinski definition) is 2. The molecule has 3 aromatic rings. The van der Waals surface area contributed by atoms with Gasteiger partial charge in [0, 0.05) is 16.3 Å². The molecule has 0 unspecified atom stereocenters. The summed E-state index contributed by atoms with van der Waals surface area (Å²) in [5.41, 5.74) is 1.74. The zero-order valence-corrected chi connectivity index (χ0v) is 12.1. The molecule has 7 heteroatoms. The van der Waals surface area contributed by atoms with Crippen molar-refractivity contribution in [1.29, 1.82) is 0 Å². The van der Waals surface area contributed by atoms with Gasteiger partial charge in [0.25, 0.3) is 0 Å². The number of fused-ring (bicyclic) bond motifs is 1. The molecule has 0 bridgehead atoms. The molecule has 1 aliphatic rings. The van der Waals surface area contributed by atoms with Crippen molar-refractivity contribution in [1.82, 2.24) is 15.2 Å². The molecule has 0 atom stereocenters. The van der Waals surface area contributed by atoms with Crippen molar-refractivity contribution in [3.63, 3.8) is 0 Å². The number of nitrogens with one attached hydrogen (secondary N) is 2. The predicted molar refractivity (Wildman–Crippen MR) is 82.7 cm³/mol. The number of anilines is 2. The fraction of sp³-hybridized carbons (Fsp3) is 0.0667. The normalized spacial score (nSPS) is 12.4. The Morgan fingerprint density at radius 1 is 1.05 bits per heavy atom. The summed E-state index contributed by atoms with van der Waals surface area (Å²) >= 11 is 5.86. The Hall–Kier alpha value is -2.73. The minimum atomic E-state index is 0.249. The third kappa shape index (κ3) is 2.44. The molecule has 2 aromatic carbocycles. The molecule has 110 valence electrons. The molecule has 1 aromatic heterocycles. The monoisotopic (exact) mass is 314 g/mol. The predicted octanol–water partition coefficient (Wildman–Crippen LogP) is 3.60. The van der Waals surface area contributed by atoms with Gasteiger partial charge >= 0.3 is 0 Å². The summed E-state index contributed by atoms with van der Waals surface area (Å²) < 4.78 is 10.7. The van der Waals surface area contributed by atoms with Crippen LogP contribution in [0.2, 0.25) is 5.02 Å². The Bertz CT molecular complexity index is 817. The maximum Gasteiger partial charge on any atom is 0.246 e. The van der Waals surface area contributed by atoms with Crippen molar-refractivity contribution < 1.29 is 9.47 Å². The first kappa shape index (κ1) is 13.0. The van der Waals surface area contributed by atoms with Crippen molar-refractivity contribution in [3.05, 3.63) is 47.5 Å². The zero-order chi connectivity index (χ0) is 14.9. The van der Waals surface area contributed by atoms with Gasteiger partial charge in [-0.25, -0.2) is 0 Å². The molecule has 2 N–H and O–H groups in total. The molecule has 1 aliphatic heterocycles. The zero-order valence-electron chi connectivity index (χ0n) is 11.3. The third-order valence-electron chi connectivity index (χ3n) is 3.23. The van der Waals surface area contributed by atoms with Crippen molar-refractivity contribution in [2.24, 2.45) is 0 Å². The summed E-state index contributed by atoms with van der Waals surface area (Å²) in [6, 6.07) is 12.9. The molecular weight excluding hydrogens is 304 g/mol. The van der Waals surface area contributed by atoms with Gasteiger partial charge in [-0.3, -0.25) is 5.10 Å². The molecule has 0 saturated carbocycles. The molecular formula is C15H11ClN4O2. The number of nitrogens with zero attached hydrogens (tertiary/aromatic N) is 2. The molecule has 4 rings (SSSR count). The summed E-state index contributed by atoms with van der Waals surface area (Å²) in [5.74, 6) is 2.58. The van der Waals surface area contributed by atoms with Gasteiger partial charge < -0.3 is 14.8 Å². The first-order valence-electron chi connectivity index (χ1n) is 6.63. The van der Waals surface area contributed by atoms with Crippen LogP contribution >= 0.6 is 11.6 Å². The van der Waals surface area contributed by atoms with Crippen molar-refractivity contribution >= 4 is 23.2 Å². The van der Waals surface area contributed by atoms with Crippen LogP contribution < -0.4 is 14.8 Å². The number of benzene rings is 2. The molecule has 6 nitrogen and oxygen atoms in total. The topological polar surface area (TPSA) is 72.1 Å². The Balaban J connectivity index is 1.57. The average molecular weight is 315 g/mol. The fourth-order valence-electron chi connectivity index (χ4n) is 2.15. The van der Waals surface area contributed by atoms with Crippen LogP contribution in [0.1, 0.15) is 0 Å². The van der Waals surface area contributed by atoms with E-state index in [0.29, 0.717) is 22.5 Å². The van der Waals surface area contributed by atoms with Crippen molar-refractivity contribution in [2.75, 3.05) is 12.1 Å². The van der Waals surface area contributed by atoms with Gasteiger partial charge in [-0.2, -0.15) is 4.98 Å². The SMILES string of the molecule is Clc1ccc(Nc2n[nH]c(-c3ccc4c(c3)OCO4)n2)cc1. The summed E-state index contributed by atoms with van der Waals surface area (Å²) in [4.78, 5) is 4.42. The van der Waals surface area contributed by atoms with Crippen LogP contribution in [0.15, 0.2) is 42.5 Å². The largest absolute Gasteiger partial charge is 0.454 e. The van der Waals surface area contributed by atoms with Crippen LogP contribution in [0.4, 0.5) is 11.6 Å². The van der Waals surface area contributed by atoms with Gasteiger partial charge in [-0.1, -0.05) is 11.6 Å². The molecule has 0 spiro atoms. The number of H-pyrrole nitrogens is 1. The average Bonchev–Trinajstić information content (AvgIpc) is 3.17. The highest BCUT2D eigenvalue weighted by Gasteiger charge is 2.15. The standard InChI is InChI=1S/C15H11ClN4O2/c16-10-2-4-11(5-3-10)17-15-18-14(19-20-15)9-1-6-12-13(7-9)22-8-21-12/h1-7H,8H2,(H2,17,18,19,20). The number of aromatic nitrogens is 3. The first-order valence-corrected chi connectivity index (χ1v) is 7.01. The molecule has 0 saturated heterocycles. The molecule has 0 radical (unpaired) electrons. The summed E-state index contributed by atoms with van der Waals surface area (Å²) in [6.07, 6.45) is 0. The lowest BCUT2D eigenvalue weighted by molar-refractivity contribution is 0.174. The molecule has 0 fully saturated rings. The van der Waals surface area contributed by atoms with Crippen LogP contribution in [0.3, 0.4) is 0 Å². The molecule has 22 heavy (non-hydrogen) atoms. The lowest BCUT2D eigenvalue weighted by atomic mass is 10.2. The van der Waals surface area contributed by atoms with Gasteiger partial charge in [0.15, 0.2) is 17.3 Å². The Morgan fingerprint density at radius 3 is 2.73 bits per heavy atom. The lowest BCUT2D eigenvalue weighted by Gasteiger charge is -2.01. The van der Waals surface area contributed by atoms with E-state index in [1.165, 1.54) is 0 Å². The van der Waals surface area contributed by atoms with Gasteiger partial charge in [-0.05, 0) is 42.5 Å². The van der Waals surface area contributed by atoms with E-state index in [4.69, 9.17) is 21.1 Å². The highest BCUT2D eigenvalue weighted by Crippen LogP contribution is 2.35. The molecule has 2 heterocycles. The first-order chi connectivity index (χ1) is 10.8. The maximum absolute atomic E-state index is 5.86. The minimum absolute atomic E-state index is 0.249. The highest BCUT2D eigenvalue weighted by atomic mass is 35.5. The Kier molecular flexibility index (Phi) is 3.08. The summed E-state index contributed by atoms with van der Waals surface area (Å²) in [6.45, 7) is 0.249. The number of ether oxygens (including phenoxy) is 2. The van der Waals surface area contributed by atoms with E-state index in [-0.39, 0.29) is 6.79 Å². The van der Waals surface area contributed by atoms with E-state index in [1.807, 2.05) is 30.3 Å². The smallest absolute Gasteiger partial charge is 0.246 e. The second-order valence-electron chi connectivity index (χ2n) is 4.71. The van der Waals surface area contributed by atoms with Crippen LogP contribution in [0.25, 0.3) is 11.4 Å². The Morgan fingerprint density at radius 2 is 1.86 bits per heavy atom. The van der Waals surface area contributed by atoms with Crippen LogP contribution in [-0.2, 0) is 0 Å². The van der Waals surface area contributed by atoms with E-state index in [2.05, 4.69) is 20.5 Å². The second kappa shape index (κ2) is 5.23. The quantitative estimate of drug-likeness (QED) is 0.773. The fourth-order valence-corrected chi connectivity index (χ4v) is 2.28. The number of halogens is 1. The lowest BCUT2D eigenvalue weighted by Crippen LogP contribution is -1.92. The third-order valence-corrected chi connectivity index (χ3v) is 3.48. The van der Waals surface area contributed by atoms with Gasteiger partial charge in [0.05, 0.1) is 0 Å².